The zero-order valence-electron chi connectivity index (χ0n) is 14.0. The number of aryl methyl sites for hydroxylation is 1. The summed E-state index contributed by atoms with van der Waals surface area (Å²) in [5.41, 5.74) is 2.19. The second-order valence-electron chi connectivity index (χ2n) is 5.96. The molecule has 0 saturated carbocycles. The number of rotatable bonds is 5. The quantitative estimate of drug-likeness (QED) is 0.812. The van der Waals surface area contributed by atoms with Crippen molar-refractivity contribution >= 4 is 39.8 Å². The van der Waals surface area contributed by atoms with Crippen LogP contribution in [0, 0.1) is 6.92 Å². The lowest BCUT2D eigenvalue weighted by Gasteiger charge is -2.28. The van der Waals surface area contributed by atoms with Gasteiger partial charge >= 0.3 is 0 Å². The average Bonchev–Trinajstić information content (AvgIpc) is 3.04. The van der Waals surface area contributed by atoms with Crippen molar-refractivity contribution in [3.63, 3.8) is 0 Å². The molecule has 1 atom stereocenters. The Morgan fingerprint density at radius 3 is 2.75 bits per heavy atom. The first-order valence-corrected chi connectivity index (χ1v) is 9.94. The molecular weight excluding hydrogens is 340 g/mol. The summed E-state index contributed by atoms with van der Waals surface area (Å²) in [6, 6.07) is 8.08. The molecule has 1 aliphatic heterocycles. The molecule has 3 rings (SSSR count). The highest BCUT2D eigenvalue weighted by atomic mass is 32.2. The maximum Gasteiger partial charge on any atom is 0.235 e. The maximum absolute atomic E-state index is 12.5. The fourth-order valence-corrected chi connectivity index (χ4v) is 4.70. The predicted octanol–water partition coefficient (Wildman–Crippen LogP) is 4.08. The van der Waals surface area contributed by atoms with Crippen molar-refractivity contribution in [1.29, 1.82) is 0 Å². The van der Waals surface area contributed by atoms with Crippen molar-refractivity contribution in [2.45, 2.75) is 42.7 Å². The summed E-state index contributed by atoms with van der Waals surface area (Å²) in [6.45, 7) is 5.79. The molecule has 1 fully saturated rings. The van der Waals surface area contributed by atoms with E-state index in [9.17, 15) is 4.79 Å². The van der Waals surface area contributed by atoms with Gasteiger partial charge < -0.3 is 10.2 Å². The van der Waals surface area contributed by atoms with Crippen LogP contribution in [0.4, 0.5) is 10.8 Å². The largest absolute Gasteiger partial charge is 0.342 e. The van der Waals surface area contributed by atoms with Crippen LogP contribution in [-0.4, -0.2) is 39.3 Å². The van der Waals surface area contributed by atoms with Gasteiger partial charge in [-0.15, -0.1) is 10.2 Å². The third kappa shape index (κ3) is 4.27. The highest BCUT2D eigenvalue weighted by molar-refractivity contribution is 8.02. The molecular formula is C17H22N4OS2. The highest BCUT2D eigenvalue weighted by Crippen LogP contribution is 2.31. The molecule has 1 aliphatic rings. The zero-order chi connectivity index (χ0) is 16.9. The van der Waals surface area contributed by atoms with Crippen LogP contribution >= 0.6 is 23.1 Å². The fourth-order valence-electron chi connectivity index (χ4n) is 2.71. The number of nitrogens with one attached hydrogen (secondary N) is 1. The number of carbonyl (C=O) groups excluding carboxylic acids is 1. The van der Waals surface area contributed by atoms with Gasteiger partial charge in [-0.2, -0.15) is 0 Å². The Morgan fingerprint density at radius 1 is 1.25 bits per heavy atom. The summed E-state index contributed by atoms with van der Waals surface area (Å²) in [5, 5.41) is 12.3. The number of nitrogens with zero attached hydrogens (tertiary/aromatic N) is 3. The summed E-state index contributed by atoms with van der Waals surface area (Å²) >= 11 is 2.98. The SMILES string of the molecule is Cc1ccccc1Nc1nnc(S[C@@H](C)C(=O)N2CCCCC2)s1. The van der Waals surface area contributed by atoms with Crippen LogP contribution in [0.3, 0.4) is 0 Å². The molecule has 24 heavy (non-hydrogen) atoms. The number of carbonyl (C=O) groups is 1. The molecule has 1 aromatic carbocycles. The molecule has 1 N–H and O–H groups in total. The van der Waals surface area contributed by atoms with E-state index in [1.165, 1.54) is 29.5 Å². The lowest BCUT2D eigenvalue weighted by molar-refractivity contribution is -0.131. The van der Waals surface area contributed by atoms with E-state index in [0.717, 1.165) is 46.7 Å². The summed E-state index contributed by atoms with van der Waals surface area (Å²) < 4.78 is 0.823. The Balaban J connectivity index is 1.59. The van der Waals surface area contributed by atoms with Gasteiger partial charge in [-0.25, -0.2) is 0 Å². The van der Waals surface area contributed by atoms with Gasteiger partial charge in [0.05, 0.1) is 5.25 Å². The minimum absolute atomic E-state index is 0.123. The van der Waals surface area contributed by atoms with Crippen LogP contribution in [0.5, 0.6) is 0 Å². The number of piperidine rings is 1. The number of para-hydroxylation sites is 1. The van der Waals surface area contributed by atoms with E-state index >= 15 is 0 Å². The van der Waals surface area contributed by atoms with Crippen molar-refractivity contribution in [2.75, 3.05) is 18.4 Å². The number of hydrogen-bond donors (Lipinski definition) is 1. The molecule has 128 valence electrons. The lowest BCUT2D eigenvalue weighted by Crippen LogP contribution is -2.40. The van der Waals surface area contributed by atoms with Crippen molar-refractivity contribution in [1.82, 2.24) is 15.1 Å². The minimum Gasteiger partial charge on any atom is -0.342 e. The Kier molecular flexibility index (Phi) is 5.73. The van der Waals surface area contributed by atoms with E-state index in [1.807, 2.05) is 30.0 Å². The number of anilines is 2. The monoisotopic (exact) mass is 362 g/mol. The molecule has 0 bridgehead atoms. The Hall–Kier alpha value is -1.60. The summed E-state index contributed by atoms with van der Waals surface area (Å²) in [4.78, 5) is 14.5. The van der Waals surface area contributed by atoms with Gasteiger partial charge in [0, 0.05) is 18.8 Å². The van der Waals surface area contributed by atoms with Crippen molar-refractivity contribution in [3.8, 4) is 0 Å². The second kappa shape index (κ2) is 7.98. The van der Waals surface area contributed by atoms with Crippen LogP contribution in [0.1, 0.15) is 31.7 Å². The zero-order valence-corrected chi connectivity index (χ0v) is 15.6. The van der Waals surface area contributed by atoms with Gasteiger partial charge in [0.1, 0.15) is 0 Å². The predicted molar refractivity (Wildman–Crippen MR) is 100 cm³/mol. The standard InChI is InChI=1S/C17H22N4OS2/c1-12-8-4-5-9-14(12)18-16-19-20-17(24-16)23-13(2)15(22)21-10-6-3-7-11-21/h4-5,8-9,13H,3,6-7,10-11H2,1-2H3,(H,18,19)/t13-/m0/s1. The Labute approximate surface area is 150 Å². The third-order valence-electron chi connectivity index (χ3n) is 4.09. The second-order valence-corrected chi connectivity index (χ2v) is 8.52. The molecule has 0 aliphatic carbocycles. The molecule has 2 aromatic rings. The van der Waals surface area contributed by atoms with E-state index in [2.05, 4.69) is 28.5 Å². The fraction of sp³-hybridized carbons (Fsp3) is 0.471. The number of likely N-dealkylation sites (tertiary alicyclic amines) is 1. The Bertz CT molecular complexity index is 697. The number of benzene rings is 1. The first-order valence-electron chi connectivity index (χ1n) is 8.25. The maximum atomic E-state index is 12.5. The molecule has 1 amide bonds. The number of amides is 1. The highest BCUT2D eigenvalue weighted by Gasteiger charge is 2.24. The summed E-state index contributed by atoms with van der Waals surface area (Å²) in [7, 11) is 0. The molecule has 7 heteroatoms. The number of thioether (sulfide) groups is 1. The van der Waals surface area contributed by atoms with Crippen molar-refractivity contribution < 1.29 is 4.79 Å². The van der Waals surface area contributed by atoms with Crippen LogP contribution in [-0.2, 0) is 4.79 Å². The third-order valence-corrected chi connectivity index (χ3v) is 6.10. The molecule has 0 spiro atoms. The van der Waals surface area contributed by atoms with Crippen LogP contribution < -0.4 is 5.32 Å². The van der Waals surface area contributed by atoms with E-state index in [0.29, 0.717) is 0 Å². The molecule has 5 nitrogen and oxygen atoms in total. The van der Waals surface area contributed by atoms with E-state index in [1.54, 1.807) is 0 Å². The van der Waals surface area contributed by atoms with E-state index < -0.39 is 0 Å². The number of aromatic nitrogens is 2. The molecule has 1 aromatic heterocycles. The van der Waals surface area contributed by atoms with Crippen molar-refractivity contribution in [2.24, 2.45) is 0 Å². The summed E-state index contributed by atoms with van der Waals surface area (Å²) in [6.07, 6.45) is 3.47. The molecule has 2 heterocycles. The van der Waals surface area contributed by atoms with Gasteiger partial charge in [0.2, 0.25) is 11.0 Å². The Morgan fingerprint density at radius 2 is 2.00 bits per heavy atom. The van der Waals surface area contributed by atoms with E-state index in [-0.39, 0.29) is 11.2 Å². The van der Waals surface area contributed by atoms with Gasteiger partial charge in [-0.3, -0.25) is 4.79 Å². The minimum atomic E-state index is -0.123. The normalized spacial score (nSPS) is 16.0. The van der Waals surface area contributed by atoms with Crippen molar-refractivity contribution in [3.05, 3.63) is 29.8 Å². The average molecular weight is 363 g/mol. The first-order chi connectivity index (χ1) is 11.6. The first kappa shape index (κ1) is 17.2. The van der Waals surface area contributed by atoms with E-state index in [4.69, 9.17) is 0 Å². The lowest BCUT2D eigenvalue weighted by atomic mass is 10.1. The van der Waals surface area contributed by atoms with Crippen LogP contribution in [0.25, 0.3) is 0 Å². The van der Waals surface area contributed by atoms with Gasteiger partial charge in [0.15, 0.2) is 4.34 Å². The molecule has 1 saturated heterocycles. The van der Waals surface area contributed by atoms with Crippen LogP contribution in [0.15, 0.2) is 28.6 Å². The number of hydrogen-bond acceptors (Lipinski definition) is 6. The van der Waals surface area contributed by atoms with Crippen LogP contribution in [0.2, 0.25) is 0 Å². The summed E-state index contributed by atoms with van der Waals surface area (Å²) in [5.74, 6) is 0.211. The van der Waals surface area contributed by atoms with Gasteiger partial charge in [0.25, 0.3) is 0 Å². The topological polar surface area (TPSA) is 58.1 Å². The van der Waals surface area contributed by atoms with Gasteiger partial charge in [-0.1, -0.05) is 41.3 Å². The molecule has 0 radical (unpaired) electrons. The molecule has 0 unspecified atom stereocenters. The van der Waals surface area contributed by atoms with Gasteiger partial charge in [-0.05, 0) is 44.7 Å². The smallest absolute Gasteiger partial charge is 0.235 e.